The molecule has 0 bridgehead atoms. The molecule has 0 N–H and O–H groups in total. The number of rotatable bonds is 10. The van der Waals surface area contributed by atoms with Gasteiger partial charge < -0.3 is 9.47 Å². The predicted octanol–water partition coefficient (Wildman–Crippen LogP) is 3.92. The molecule has 2 fully saturated rings. The van der Waals surface area contributed by atoms with E-state index in [1.165, 1.54) is 5.56 Å². The fourth-order valence-corrected chi connectivity index (χ4v) is 4.58. The van der Waals surface area contributed by atoms with Gasteiger partial charge in [0.2, 0.25) is 0 Å². The van der Waals surface area contributed by atoms with Crippen LogP contribution < -0.4 is 0 Å². The lowest BCUT2D eigenvalue weighted by Gasteiger charge is -2.22. The fraction of sp³-hybridized carbons (Fsp3) is 0.619. The van der Waals surface area contributed by atoms with Crippen LogP contribution in [-0.4, -0.2) is 25.0 Å². The number of hydrogen-bond donors (Lipinski definition) is 0. The van der Waals surface area contributed by atoms with Crippen LogP contribution in [0.2, 0.25) is 0 Å². The van der Waals surface area contributed by atoms with E-state index in [-0.39, 0.29) is 12.0 Å². The molecule has 1 aromatic carbocycles. The summed E-state index contributed by atoms with van der Waals surface area (Å²) < 4.78 is 11.1. The minimum absolute atomic E-state index is 0.0386. The van der Waals surface area contributed by atoms with Crippen LogP contribution in [0.4, 0.5) is 0 Å². The summed E-state index contributed by atoms with van der Waals surface area (Å²) in [6.07, 6.45) is 6.70. The summed E-state index contributed by atoms with van der Waals surface area (Å²) >= 11 is 0. The second-order valence-corrected chi connectivity index (χ2v) is 7.45. The molecule has 1 aromatic rings. The van der Waals surface area contributed by atoms with Crippen LogP contribution in [0.3, 0.4) is 0 Å². The maximum Gasteiger partial charge on any atom is 0.293 e. The van der Waals surface area contributed by atoms with Crippen LogP contribution in [0.25, 0.3) is 0 Å². The summed E-state index contributed by atoms with van der Waals surface area (Å²) in [5, 5.41) is 0. The third kappa shape index (κ3) is 4.91. The maximum atomic E-state index is 11.6. The third-order valence-corrected chi connectivity index (χ3v) is 5.74. The van der Waals surface area contributed by atoms with Gasteiger partial charge in [-0.25, -0.2) is 0 Å². The van der Waals surface area contributed by atoms with E-state index < -0.39 is 0 Å². The second kappa shape index (κ2) is 9.14. The molecule has 0 amide bonds. The highest BCUT2D eigenvalue weighted by atomic mass is 16.5. The SMILES string of the molecule is O=CO[C@@H]1[C@H](CCCCCOCc2ccccc2)C[C@H]2CC(=O)C[C@H]21. The average Bonchev–Trinajstić information content (AvgIpc) is 3.12. The van der Waals surface area contributed by atoms with Gasteiger partial charge in [0.1, 0.15) is 11.9 Å². The number of fused-ring (bicyclic) bond motifs is 1. The number of unbranched alkanes of at least 4 members (excludes halogenated alkanes) is 2. The Labute approximate surface area is 149 Å². The molecule has 2 aliphatic rings. The Morgan fingerprint density at radius 2 is 1.92 bits per heavy atom. The monoisotopic (exact) mass is 344 g/mol. The molecule has 0 aromatic heterocycles. The first-order valence-corrected chi connectivity index (χ1v) is 9.50. The summed E-state index contributed by atoms with van der Waals surface area (Å²) in [5.41, 5.74) is 1.21. The fourth-order valence-electron chi connectivity index (χ4n) is 4.58. The van der Waals surface area contributed by atoms with Gasteiger partial charge in [-0.1, -0.05) is 43.2 Å². The number of benzene rings is 1. The van der Waals surface area contributed by atoms with Gasteiger partial charge in [-0.05, 0) is 36.7 Å². The third-order valence-electron chi connectivity index (χ3n) is 5.74. The molecule has 4 nitrogen and oxygen atoms in total. The van der Waals surface area contributed by atoms with Gasteiger partial charge >= 0.3 is 0 Å². The number of hydrogen-bond acceptors (Lipinski definition) is 4. The molecule has 0 heterocycles. The molecular formula is C21H28O4. The van der Waals surface area contributed by atoms with E-state index in [9.17, 15) is 9.59 Å². The van der Waals surface area contributed by atoms with Gasteiger partial charge in [-0.2, -0.15) is 0 Å². The molecule has 136 valence electrons. The molecule has 0 aliphatic heterocycles. The number of Topliss-reactive ketones (excluding diaryl/α,β-unsaturated/α-hetero) is 1. The smallest absolute Gasteiger partial charge is 0.293 e. The quantitative estimate of drug-likeness (QED) is 0.477. The van der Waals surface area contributed by atoms with Crippen LogP contribution in [-0.2, 0) is 25.7 Å². The maximum absolute atomic E-state index is 11.6. The normalized spacial score (nSPS) is 28.1. The molecule has 4 heteroatoms. The lowest BCUT2D eigenvalue weighted by molar-refractivity contribution is -0.138. The van der Waals surface area contributed by atoms with E-state index in [1.807, 2.05) is 18.2 Å². The standard InChI is InChI=1S/C21H28O4/c22-15-25-21-17(11-18-12-19(23)13-20(18)21)9-5-2-6-10-24-14-16-7-3-1-4-8-16/h1,3-4,7-8,15,17-18,20-21H,2,5-6,9-14H2/t17-,18+,20-,21-/m1/s1. The van der Waals surface area contributed by atoms with E-state index >= 15 is 0 Å². The highest BCUT2D eigenvalue weighted by Gasteiger charge is 2.49. The van der Waals surface area contributed by atoms with Crippen LogP contribution in [0.1, 0.15) is 50.5 Å². The number of carbonyl (C=O) groups excluding carboxylic acids is 2. The molecule has 2 aliphatic carbocycles. The first-order valence-electron chi connectivity index (χ1n) is 9.50. The number of ether oxygens (including phenoxy) is 2. The lowest BCUT2D eigenvalue weighted by Crippen LogP contribution is -2.25. The van der Waals surface area contributed by atoms with Crippen molar-refractivity contribution >= 4 is 12.3 Å². The Morgan fingerprint density at radius 1 is 1.08 bits per heavy atom. The van der Waals surface area contributed by atoms with Gasteiger partial charge in [0.05, 0.1) is 6.61 Å². The van der Waals surface area contributed by atoms with Crippen molar-refractivity contribution in [2.24, 2.45) is 17.8 Å². The van der Waals surface area contributed by atoms with Crippen molar-refractivity contribution < 1.29 is 19.1 Å². The molecule has 0 unspecified atom stereocenters. The molecule has 0 radical (unpaired) electrons. The largest absolute Gasteiger partial charge is 0.464 e. The minimum atomic E-state index is -0.0386. The van der Waals surface area contributed by atoms with Crippen molar-refractivity contribution in [2.45, 2.75) is 57.7 Å². The molecule has 3 rings (SSSR count). The minimum Gasteiger partial charge on any atom is -0.464 e. The number of carbonyl (C=O) groups is 2. The summed E-state index contributed by atoms with van der Waals surface area (Å²) in [7, 11) is 0. The molecular weight excluding hydrogens is 316 g/mol. The second-order valence-electron chi connectivity index (χ2n) is 7.45. The zero-order valence-corrected chi connectivity index (χ0v) is 14.8. The Bertz CT molecular complexity index is 556. The Kier molecular flexibility index (Phi) is 6.62. The van der Waals surface area contributed by atoms with Gasteiger partial charge in [0.25, 0.3) is 6.47 Å². The average molecular weight is 344 g/mol. The van der Waals surface area contributed by atoms with Crippen molar-refractivity contribution in [3.8, 4) is 0 Å². The van der Waals surface area contributed by atoms with Crippen LogP contribution in [0.15, 0.2) is 30.3 Å². The first-order chi connectivity index (χ1) is 12.3. The van der Waals surface area contributed by atoms with Crippen molar-refractivity contribution in [2.75, 3.05) is 6.61 Å². The van der Waals surface area contributed by atoms with Crippen molar-refractivity contribution in [1.29, 1.82) is 0 Å². The van der Waals surface area contributed by atoms with Crippen LogP contribution in [0.5, 0.6) is 0 Å². The van der Waals surface area contributed by atoms with Crippen molar-refractivity contribution in [3.63, 3.8) is 0 Å². The number of ketones is 1. The van der Waals surface area contributed by atoms with Crippen LogP contribution >= 0.6 is 0 Å². The van der Waals surface area contributed by atoms with E-state index in [1.54, 1.807) is 0 Å². The molecule has 0 saturated heterocycles. The molecule has 25 heavy (non-hydrogen) atoms. The highest BCUT2D eigenvalue weighted by molar-refractivity contribution is 5.81. The molecule has 4 atom stereocenters. The predicted molar refractivity (Wildman–Crippen MR) is 94.8 cm³/mol. The van der Waals surface area contributed by atoms with E-state index in [0.717, 1.165) is 38.7 Å². The van der Waals surface area contributed by atoms with Gasteiger partial charge in [0.15, 0.2) is 0 Å². The topological polar surface area (TPSA) is 52.6 Å². The van der Waals surface area contributed by atoms with Gasteiger partial charge in [-0.3, -0.25) is 9.59 Å². The Balaban J connectivity index is 1.30. The van der Waals surface area contributed by atoms with E-state index in [2.05, 4.69) is 12.1 Å². The highest BCUT2D eigenvalue weighted by Crippen LogP contribution is 2.48. The van der Waals surface area contributed by atoms with Crippen LogP contribution in [0, 0.1) is 17.8 Å². The van der Waals surface area contributed by atoms with E-state index in [0.29, 0.717) is 43.5 Å². The van der Waals surface area contributed by atoms with Gasteiger partial charge in [0, 0.05) is 25.4 Å². The zero-order chi connectivity index (χ0) is 17.5. The van der Waals surface area contributed by atoms with Gasteiger partial charge in [-0.15, -0.1) is 0 Å². The summed E-state index contributed by atoms with van der Waals surface area (Å²) in [6, 6.07) is 10.2. The van der Waals surface area contributed by atoms with E-state index in [4.69, 9.17) is 9.47 Å². The van der Waals surface area contributed by atoms with Crippen molar-refractivity contribution in [3.05, 3.63) is 35.9 Å². The summed E-state index contributed by atoms with van der Waals surface area (Å²) in [4.78, 5) is 22.4. The summed E-state index contributed by atoms with van der Waals surface area (Å²) in [5.74, 6) is 1.48. The summed E-state index contributed by atoms with van der Waals surface area (Å²) in [6.45, 7) is 2.03. The Hall–Kier alpha value is -1.68. The lowest BCUT2D eigenvalue weighted by atomic mass is 9.93. The zero-order valence-electron chi connectivity index (χ0n) is 14.8. The molecule has 2 saturated carbocycles. The Morgan fingerprint density at radius 3 is 2.72 bits per heavy atom. The van der Waals surface area contributed by atoms with Crippen molar-refractivity contribution in [1.82, 2.24) is 0 Å². The molecule has 0 spiro atoms. The first kappa shape index (κ1) is 18.1.